The number of nitrogens with one attached hydrogen (secondary N) is 1. The fourth-order valence-corrected chi connectivity index (χ4v) is 5.74. The van der Waals surface area contributed by atoms with Gasteiger partial charge >= 0.3 is 0 Å². The molecule has 0 spiro atoms. The monoisotopic (exact) mass is 602 g/mol. The lowest BCUT2D eigenvalue weighted by Crippen LogP contribution is -2.44. The lowest BCUT2D eigenvalue weighted by molar-refractivity contribution is 0.0303. The van der Waals surface area contributed by atoms with Crippen LogP contribution >= 0.6 is 48.6 Å². The summed E-state index contributed by atoms with van der Waals surface area (Å²) in [4.78, 5) is 30.1. The molecule has 2 aliphatic heterocycles. The van der Waals surface area contributed by atoms with E-state index < -0.39 is 0 Å². The molecular formula is C26H37Cl3N6O2S. The Bertz CT molecular complexity index is 1180. The zero-order valence-corrected chi connectivity index (χ0v) is 25.1. The third kappa shape index (κ3) is 7.91. The van der Waals surface area contributed by atoms with E-state index in [9.17, 15) is 4.79 Å². The minimum atomic E-state index is 0. The molecule has 0 radical (unpaired) electrons. The number of halogens is 3. The molecule has 1 amide bonds. The molecule has 2 saturated heterocycles. The second kappa shape index (κ2) is 15.2. The third-order valence-corrected chi connectivity index (χ3v) is 7.91. The van der Waals surface area contributed by atoms with Crippen LogP contribution in [-0.4, -0.2) is 103 Å². The molecule has 38 heavy (non-hydrogen) atoms. The summed E-state index contributed by atoms with van der Waals surface area (Å²) in [6.07, 6.45) is 2.96. The first-order chi connectivity index (χ1) is 17.1. The molecule has 2 aromatic heterocycles. The molecule has 210 valence electrons. The van der Waals surface area contributed by atoms with Crippen molar-refractivity contribution in [1.82, 2.24) is 24.7 Å². The molecular weight excluding hydrogens is 567 g/mol. The maximum absolute atomic E-state index is 12.9. The van der Waals surface area contributed by atoms with Crippen LogP contribution in [0.3, 0.4) is 0 Å². The summed E-state index contributed by atoms with van der Waals surface area (Å²) < 4.78 is 6.47. The fourth-order valence-electron chi connectivity index (χ4n) is 4.58. The van der Waals surface area contributed by atoms with Crippen LogP contribution in [-0.2, 0) is 4.74 Å². The minimum Gasteiger partial charge on any atom is -0.378 e. The zero-order valence-electron chi connectivity index (χ0n) is 21.9. The summed E-state index contributed by atoms with van der Waals surface area (Å²) in [5.74, 6) is 0.746. The molecule has 1 aromatic carbocycles. The maximum Gasteiger partial charge on any atom is 0.254 e. The SMILES string of the molecule is Cc1cnc(NCCCN2CCN(C)CC2)nc1-c1cc2ccc(C(=O)N3CCOCC3)cc2s1.Cl.Cl.Cl. The summed E-state index contributed by atoms with van der Waals surface area (Å²) >= 11 is 1.67. The van der Waals surface area contributed by atoms with Gasteiger partial charge in [-0.3, -0.25) is 4.79 Å². The Hall–Kier alpha value is -1.72. The van der Waals surface area contributed by atoms with Crippen molar-refractivity contribution in [2.45, 2.75) is 13.3 Å². The number of benzene rings is 1. The summed E-state index contributed by atoms with van der Waals surface area (Å²) in [6, 6.07) is 8.14. The Morgan fingerprint density at radius 3 is 2.53 bits per heavy atom. The van der Waals surface area contributed by atoms with E-state index in [0.29, 0.717) is 32.3 Å². The van der Waals surface area contributed by atoms with Crippen LogP contribution in [0, 0.1) is 6.92 Å². The summed E-state index contributed by atoms with van der Waals surface area (Å²) in [5.41, 5.74) is 2.72. The van der Waals surface area contributed by atoms with Crippen LogP contribution in [0.2, 0.25) is 0 Å². The quantitative estimate of drug-likeness (QED) is 0.400. The highest BCUT2D eigenvalue weighted by Crippen LogP contribution is 2.35. The summed E-state index contributed by atoms with van der Waals surface area (Å²) in [6.45, 7) is 11.1. The highest BCUT2D eigenvalue weighted by molar-refractivity contribution is 7.22. The molecule has 2 fully saturated rings. The largest absolute Gasteiger partial charge is 0.378 e. The molecule has 1 N–H and O–H groups in total. The van der Waals surface area contributed by atoms with Gasteiger partial charge in [-0.1, -0.05) is 6.07 Å². The van der Waals surface area contributed by atoms with Crippen molar-refractivity contribution in [2.75, 3.05) is 77.9 Å². The first kappa shape index (κ1) is 32.5. The maximum atomic E-state index is 12.9. The molecule has 12 heteroatoms. The normalized spacial score (nSPS) is 16.3. The molecule has 8 nitrogen and oxygen atoms in total. The van der Waals surface area contributed by atoms with Gasteiger partial charge in [-0.2, -0.15) is 0 Å². The molecule has 4 heterocycles. The van der Waals surface area contributed by atoms with Crippen molar-refractivity contribution in [3.63, 3.8) is 0 Å². The first-order valence-corrected chi connectivity index (χ1v) is 13.3. The van der Waals surface area contributed by atoms with Crippen molar-refractivity contribution in [3.8, 4) is 10.6 Å². The smallest absolute Gasteiger partial charge is 0.254 e. The number of thiophene rings is 1. The van der Waals surface area contributed by atoms with Crippen LogP contribution in [0.1, 0.15) is 22.3 Å². The van der Waals surface area contributed by atoms with E-state index in [1.165, 1.54) is 0 Å². The number of amides is 1. The fraction of sp³-hybridized carbons (Fsp3) is 0.500. The number of morpholine rings is 1. The van der Waals surface area contributed by atoms with E-state index in [-0.39, 0.29) is 43.1 Å². The molecule has 0 unspecified atom stereocenters. The lowest BCUT2D eigenvalue weighted by atomic mass is 10.1. The number of carbonyl (C=O) groups excluding carboxylic acids is 1. The Kier molecular flexibility index (Phi) is 13.0. The van der Waals surface area contributed by atoms with E-state index in [1.54, 1.807) is 11.3 Å². The Balaban J connectivity index is 0.00000169. The molecule has 5 rings (SSSR count). The lowest BCUT2D eigenvalue weighted by Gasteiger charge is -2.32. The predicted molar refractivity (Wildman–Crippen MR) is 163 cm³/mol. The van der Waals surface area contributed by atoms with Gasteiger partial charge in [0.05, 0.1) is 23.8 Å². The standard InChI is InChI=1S/C26H34N6O2S.3ClH/c1-19-18-28-26(27-6-3-7-31-10-8-30(2)9-11-31)29-24(19)23-16-20-4-5-21(17-22(20)35-23)25(33)32-12-14-34-15-13-32;;;/h4-5,16-18H,3,6-15H2,1-2H3,(H,27,28,29);3*1H. The minimum absolute atomic E-state index is 0. The van der Waals surface area contributed by atoms with Crippen LogP contribution in [0.15, 0.2) is 30.5 Å². The number of nitrogens with zero attached hydrogens (tertiary/aromatic N) is 5. The number of likely N-dealkylation sites (N-methyl/N-ethyl adjacent to an activating group) is 1. The molecule has 0 bridgehead atoms. The Morgan fingerprint density at radius 1 is 1.05 bits per heavy atom. The van der Waals surface area contributed by atoms with E-state index in [1.807, 2.05) is 36.2 Å². The Morgan fingerprint density at radius 2 is 1.79 bits per heavy atom. The van der Waals surface area contributed by atoms with Gasteiger partial charge in [-0.25, -0.2) is 9.97 Å². The summed E-state index contributed by atoms with van der Waals surface area (Å²) in [5, 5.41) is 4.54. The number of aromatic nitrogens is 2. The average Bonchev–Trinajstić information content (AvgIpc) is 3.32. The van der Waals surface area contributed by atoms with E-state index in [2.05, 4.69) is 33.2 Å². The van der Waals surface area contributed by atoms with Gasteiger partial charge < -0.3 is 24.8 Å². The molecule has 2 aliphatic rings. The van der Waals surface area contributed by atoms with Gasteiger partial charge in [0.2, 0.25) is 5.95 Å². The number of piperazine rings is 1. The number of fused-ring (bicyclic) bond motifs is 1. The Labute approximate surface area is 247 Å². The second-order valence-corrected chi connectivity index (χ2v) is 10.5. The second-order valence-electron chi connectivity index (χ2n) is 9.42. The van der Waals surface area contributed by atoms with E-state index in [0.717, 1.165) is 77.5 Å². The van der Waals surface area contributed by atoms with Gasteiger partial charge in [-0.15, -0.1) is 48.6 Å². The van der Waals surface area contributed by atoms with Gasteiger partial charge in [0.15, 0.2) is 0 Å². The average molecular weight is 604 g/mol. The molecule has 3 aromatic rings. The van der Waals surface area contributed by atoms with Gasteiger partial charge in [0.1, 0.15) is 0 Å². The van der Waals surface area contributed by atoms with Gasteiger partial charge in [0, 0.05) is 62.3 Å². The highest BCUT2D eigenvalue weighted by atomic mass is 35.5. The van der Waals surface area contributed by atoms with Gasteiger partial charge in [0.25, 0.3) is 5.91 Å². The van der Waals surface area contributed by atoms with Crippen molar-refractivity contribution in [1.29, 1.82) is 0 Å². The number of aryl methyl sites for hydroxylation is 1. The number of hydrogen-bond donors (Lipinski definition) is 1. The topological polar surface area (TPSA) is 73.8 Å². The zero-order chi connectivity index (χ0) is 24.2. The summed E-state index contributed by atoms with van der Waals surface area (Å²) in [7, 11) is 2.19. The predicted octanol–water partition coefficient (Wildman–Crippen LogP) is 4.45. The van der Waals surface area contributed by atoms with Crippen molar-refractivity contribution in [2.24, 2.45) is 0 Å². The molecule has 0 saturated carbocycles. The number of anilines is 1. The highest BCUT2D eigenvalue weighted by Gasteiger charge is 2.19. The van der Waals surface area contributed by atoms with E-state index in [4.69, 9.17) is 9.72 Å². The van der Waals surface area contributed by atoms with Crippen molar-refractivity contribution < 1.29 is 9.53 Å². The number of carbonyl (C=O) groups is 1. The first-order valence-electron chi connectivity index (χ1n) is 12.5. The van der Waals surface area contributed by atoms with Crippen molar-refractivity contribution >= 4 is 70.5 Å². The van der Waals surface area contributed by atoms with Crippen LogP contribution < -0.4 is 5.32 Å². The molecule has 0 aliphatic carbocycles. The number of ether oxygens (including phenoxy) is 1. The van der Waals surface area contributed by atoms with E-state index >= 15 is 0 Å². The van der Waals surface area contributed by atoms with Gasteiger partial charge in [-0.05, 0) is 56.1 Å². The number of rotatable bonds is 7. The third-order valence-electron chi connectivity index (χ3n) is 6.80. The van der Waals surface area contributed by atoms with Crippen LogP contribution in [0.25, 0.3) is 20.7 Å². The van der Waals surface area contributed by atoms with Crippen LogP contribution in [0.5, 0.6) is 0 Å². The number of hydrogen-bond acceptors (Lipinski definition) is 8. The van der Waals surface area contributed by atoms with Crippen molar-refractivity contribution in [3.05, 3.63) is 41.6 Å². The van der Waals surface area contributed by atoms with Crippen LogP contribution in [0.4, 0.5) is 5.95 Å². The molecule has 0 atom stereocenters.